The predicted molar refractivity (Wildman–Crippen MR) is 107 cm³/mol. The summed E-state index contributed by atoms with van der Waals surface area (Å²) in [5.41, 5.74) is 8.47. The zero-order chi connectivity index (χ0) is 19.3. The van der Waals surface area contributed by atoms with Crippen molar-refractivity contribution >= 4 is 23.1 Å². The second kappa shape index (κ2) is 8.19. The van der Waals surface area contributed by atoms with Crippen molar-refractivity contribution in [1.29, 1.82) is 0 Å². The van der Waals surface area contributed by atoms with Gasteiger partial charge >= 0.3 is 0 Å². The Morgan fingerprint density at radius 2 is 2.11 bits per heavy atom. The molecule has 0 spiro atoms. The van der Waals surface area contributed by atoms with Crippen molar-refractivity contribution in [3.8, 4) is 11.1 Å². The van der Waals surface area contributed by atoms with E-state index in [1.54, 1.807) is 10.9 Å². The maximum Gasteiger partial charge on any atom is 0.150 e. The van der Waals surface area contributed by atoms with Gasteiger partial charge < -0.3 is 26.4 Å². The monoisotopic (exact) mass is 381 g/mol. The van der Waals surface area contributed by atoms with E-state index in [0.717, 1.165) is 36.5 Å². The largest absolute Gasteiger partial charge is 0.382 e. The SMILES string of the molecule is Cn1cc(-c2cnc(Nc3cnc(N)cn3)cc2NC[C@@H]2CNCCO2)cn1. The maximum atomic E-state index is 5.78. The summed E-state index contributed by atoms with van der Waals surface area (Å²) in [6.45, 7) is 3.13. The molecule has 0 unspecified atom stereocenters. The molecule has 1 atom stereocenters. The minimum Gasteiger partial charge on any atom is -0.382 e. The number of nitrogens with one attached hydrogen (secondary N) is 3. The highest BCUT2D eigenvalue weighted by molar-refractivity contribution is 5.79. The van der Waals surface area contributed by atoms with Crippen molar-refractivity contribution in [2.24, 2.45) is 7.05 Å². The summed E-state index contributed by atoms with van der Waals surface area (Å²) < 4.78 is 7.55. The van der Waals surface area contributed by atoms with E-state index >= 15 is 0 Å². The molecule has 10 heteroatoms. The molecule has 1 aliphatic heterocycles. The van der Waals surface area contributed by atoms with E-state index < -0.39 is 0 Å². The van der Waals surface area contributed by atoms with Crippen molar-refractivity contribution in [3.05, 3.63) is 37.1 Å². The Labute approximate surface area is 162 Å². The van der Waals surface area contributed by atoms with E-state index in [0.29, 0.717) is 24.0 Å². The van der Waals surface area contributed by atoms with Crippen molar-refractivity contribution in [2.75, 3.05) is 42.6 Å². The highest BCUT2D eigenvalue weighted by Crippen LogP contribution is 2.29. The van der Waals surface area contributed by atoms with Crippen molar-refractivity contribution in [3.63, 3.8) is 0 Å². The van der Waals surface area contributed by atoms with Gasteiger partial charge in [0.05, 0.1) is 31.3 Å². The Morgan fingerprint density at radius 3 is 2.82 bits per heavy atom. The lowest BCUT2D eigenvalue weighted by molar-refractivity contribution is 0.0372. The van der Waals surface area contributed by atoms with Crippen LogP contribution < -0.4 is 21.7 Å². The lowest BCUT2D eigenvalue weighted by Gasteiger charge is -2.24. The summed E-state index contributed by atoms with van der Waals surface area (Å²) >= 11 is 0. The van der Waals surface area contributed by atoms with Gasteiger partial charge in [0.1, 0.15) is 17.5 Å². The molecule has 0 aromatic carbocycles. The lowest BCUT2D eigenvalue weighted by atomic mass is 10.1. The highest BCUT2D eigenvalue weighted by atomic mass is 16.5. The molecule has 0 saturated carbocycles. The molecule has 3 aromatic heterocycles. The van der Waals surface area contributed by atoms with E-state index in [1.807, 2.05) is 31.7 Å². The van der Waals surface area contributed by atoms with Crippen molar-refractivity contribution in [2.45, 2.75) is 6.10 Å². The summed E-state index contributed by atoms with van der Waals surface area (Å²) in [7, 11) is 1.89. The van der Waals surface area contributed by atoms with Crippen LogP contribution in [0.3, 0.4) is 0 Å². The van der Waals surface area contributed by atoms with Crippen LogP contribution in [0.4, 0.5) is 23.1 Å². The summed E-state index contributed by atoms with van der Waals surface area (Å²) in [4.78, 5) is 12.8. The van der Waals surface area contributed by atoms with Gasteiger partial charge in [0.2, 0.25) is 0 Å². The van der Waals surface area contributed by atoms with E-state index in [-0.39, 0.29) is 6.10 Å². The van der Waals surface area contributed by atoms with Crippen LogP contribution >= 0.6 is 0 Å². The van der Waals surface area contributed by atoms with Gasteiger partial charge in [-0.1, -0.05) is 0 Å². The minimum atomic E-state index is 0.114. The third-order valence-corrected chi connectivity index (χ3v) is 4.37. The Balaban J connectivity index is 1.57. The van der Waals surface area contributed by atoms with Gasteiger partial charge in [0, 0.05) is 62.0 Å². The van der Waals surface area contributed by atoms with E-state index in [1.165, 1.54) is 6.20 Å². The molecule has 1 fully saturated rings. The molecule has 5 N–H and O–H groups in total. The summed E-state index contributed by atoms with van der Waals surface area (Å²) in [5, 5.41) is 14.2. The van der Waals surface area contributed by atoms with Gasteiger partial charge in [-0.15, -0.1) is 0 Å². The van der Waals surface area contributed by atoms with Gasteiger partial charge in [-0.3, -0.25) is 4.68 Å². The maximum absolute atomic E-state index is 5.78. The van der Waals surface area contributed by atoms with Crippen LogP contribution in [-0.4, -0.2) is 57.1 Å². The number of morpholine rings is 1. The fraction of sp³-hybridized carbons (Fsp3) is 0.333. The number of pyridine rings is 1. The van der Waals surface area contributed by atoms with Gasteiger partial charge in [-0.2, -0.15) is 5.10 Å². The number of hydrogen-bond donors (Lipinski definition) is 4. The zero-order valence-corrected chi connectivity index (χ0v) is 15.6. The van der Waals surface area contributed by atoms with Gasteiger partial charge in [-0.05, 0) is 0 Å². The highest BCUT2D eigenvalue weighted by Gasteiger charge is 2.15. The third kappa shape index (κ3) is 4.35. The normalized spacial score (nSPS) is 16.7. The van der Waals surface area contributed by atoms with E-state index in [4.69, 9.17) is 10.5 Å². The molecule has 3 aromatic rings. The number of ether oxygens (including phenoxy) is 1. The number of nitrogens with zero attached hydrogens (tertiary/aromatic N) is 5. The molecule has 28 heavy (non-hydrogen) atoms. The fourth-order valence-corrected chi connectivity index (χ4v) is 2.97. The number of nitrogens with two attached hydrogens (primary N) is 1. The number of aryl methyl sites for hydroxylation is 1. The summed E-state index contributed by atoms with van der Waals surface area (Å²) in [6.07, 6.45) is 8.77. The van der Waals surface area contributed by atoms with E-state index in [2.05, 4.69) is 36.0 Å². The predicted octanol–water partition coefficient (Wildman–Crippen LogP) is 0.998. The van der Waals surface area contributed by atoms with Gasteiger partial charge in [0.25, 0.3) is 0 Å². The summed E-state index contributed by atoms with van der Waals surface area (Å²) in [5.74, 6) is 1.59. The average molecular weight is 381 g/mol. The summed E-state index contributed by atoms with van der Waals surface area (Å²) in [6, 6.07) is 1.94. The first-order valence-corrected chi connectivity index (χ1v) is 9.07. The minimum absolute atomic E-state index is 0.114. The van der Waals surface area contributed by atoms with Crippen LogP contribution in [0.1, 0.15) is 0 Å². The molecule has 4 heterocycles. The molecule has 10 nitrogen and oxygen atoms in total. The quantitative estimate of drug-likeness (QED) is 0.494. The molecular formula is C18H23N9O. The van der Waals surface area contributed by atoms with Crippen molar-refractivity contribution < 1.29 is 4.74 Å². The number of hydrogen-bond acceptors (Lipinski definition) is 9. The van der Waals surface area contributed by atoms with Crippen LogP contribution in [0.2, 0.25) is 0 Å². The molecule has 0 aliphatic carbocycles. The van der Waals surface area contributed by atoms with Crippen molar-refractivity contribution in [1.82, 2.24) is 30.0 Å². The van der Waals surface area contributed by atoms with Crippen LogP contribution in [0, 0.1) is 0 Å². The molecule has 0 amide bonds. The number of rotatable bonds is 6. The Bertz CT molecular complexity index is 919. The molecule has 4 rings (SSSR count). The van der Waals surface area contributed by atoms with E-state index in [9.17, 15) is 0 Å². The van der Waals surface area contributed by atoms with Crippen LogP contribution in [-0.2, 0) is 11.8 Å². The molecule has 146 valence electrons. The fourth-order valence-electron chi connectivity index (χ4n) is 2.97. The molecule has 1 aliphatic rings. The second-order valence-corrected chi connectivity index (χ2v) is 6.55. The standard InChI is InChI=1S/C18H23N9O/c1-27-11-12(5-25-27)14-8-23-17(26-18-10-22-16(19)9-24-18)4-15(14)21-7-13-6-20-2-3-28-13/h4-5,8-11,13,20H,2-3,6-7H2,1H3,(H2,19,22)(H2,21,23,24,26)/t13-/m0/s1. The third-order valence-electron chi connectivity index (χ3n) is 4.37. The van der Waals surface area contributed by atoms with Crippen LogP contribution in [0.15, 0.2) is 37.1 Å². The first kappa shape index (κ1) is 18.1. The zero-order valence-electron chi connectivity index (χ0n) is 15.6. The van der Waals surface area contributed by atoms with Gasteiger partial charge in [-0.25, -0.2) is 15.0 Å². The molecule has 0 radical (unpaired) electrons. The first-order chi connectivity index (χ1) is 13.7. The second-order valence-electron chi connectivity index (χ2n) is 6.55. The number of nitrogen functional groups attached to an aromatic ring is 1. The Hall–Kier alpha value is -3.24. The molecule has 0 bridgehead atoms. The van der Waals surface area contributed by atoms with Crippen LogP contribution in [0.5, 0.6) is 0 Å². The average Bonchev–Trinajstić information content (AvgIpc) is 3.15. The lowest BCUT2D eigenvalue weighted by Crippen LogP contribution is -2.42. The molecule has 1 saturated heterocycles. The smallest absolute Gasteiger partial charge is 0.150 e. The topological polar surface area (TPSA) is 128 Å². The number of aromatic nitrogens is 5. The first-order valence-electron chi connectivity index (χ1n) is 9.07. The molecular weight excluding hydrogens is 358 g/mol. The van der Waals surface area contributed by atoms with Gasteiger partial charge in [0.15, 0.2) is 0 Å². The number of anilines is 4. The Kier molecular flexibility index (Phi) is 5.31. The Morgan fingerprint density at radius 1 is 1.21 bits per heavy atom. The van der Waals surface area contributed by atoms with Crippen LogP contribution in [0.25, 0.3) is 11.1 Å².